The van der Waals surface area contributed by atoms with Crippen molar-refractivity contribution in [2.24, 2.45) is 0 Å². The minimum absolute atomic E-state index is 0.0287. The van der Waals surface area contributed by atoms with Crippen LogP contribution in [0.3, 0.4) is 0 Å². The maximum absolute atomic E-state index is 12.0. The van der Waals surface area contributed by atoms with Gasteiger partial charge in [0.1, 0.15) is 5.76 Å². The summed E-state index contributed by atoms with van der Waals surface area (Å²) in [6, 6.07) is 9.59. The number of nitrogens with one attached hydrogen (secondary N) is 1. The molecular weight excluding hydrogens is 226 g/mol. The molecule has 94 valence electrons. The summed E-state index contributed by atoms with van der Waals surface area (Å²) < 4.78 is 5.21. The predicted octanol–water partition coefficient (Wildman–Crippen LogP) is 2.87. The van der Waals surface area contributed by atoms with E-state index < -0.39 is 0 Å². The Balaban J connectivity index is 1.91. The Kier molecular flexibility index (Phi) is 3.82. The van der Waals surface area contributed by atoms with Crippen molar-refractivity contribution in [1.82, 2.24) is 5.32 Å². The third-order valence-corrected chi connectivity index (χ3v) is 2.86. The molecule has 0 aliphatic heterocycles. The summed E-state index contributed by atoms with van der Waals surface area (Å²) in [6.45, 7) is 4.56. The van der Waals surface area contributed by atoms with Crippen LogP contribution in [0.4, 0.5) is 0 Å². The van der Waals surface area contributed by atoms with Crippen LogP contribution >= 0.6 is 0 Å². The summed E-state index contributed by atoms with van der Waals surface area (Å²) in [5, 5.41) is 2.90. The van der Waals surface area contributed by atoms with E-state index in [0.29, 0.717) is 13.0 Å². The highest BCUT2D eigenvalue weighted by atomic mass is 16.3. The Morgan fingerprint density at radius 3 is 2.78 bits per heavy atom. The number of hydrogen-bond donors (Lipinski definition) is 1. The first kappa shape index (κ1) is 12.4. The Morgan fingerprint density at radius 1 is 1.28 bits per heavy atom. The Labute approximate surface area is 107 Å². The van der Waals surface area contributed by atoms with Crippen LogP contribution < -0.4 is 5.32 Å². The molecule has 1 N–H and O–H groups in total. The molecule has 2 rings (SSSR count). The third-order valence-electron chi connectivity index (χ3n) is 2.86. The third kappa shape index (κ3) is 3.00. The number of benzene rings is 1. The van der Waals surface area contributed by atoms with E-state index in [4.69, 9.17) is 4.42 Å². The van der Waals surface area contributed by atoms with E-state index in [-0.39, 0.29) is 5.91 Å². The fourth-order valence-electron chi connectivity index (χ4n) is 1.92. The van der Waals surface area contributed by atoms with Crippen molar-refractivity contribution in [2.45, 2.75) is 20.3 Å². The maximum Gasteiger partial charge on any atom is 0.251 e. The molecule has 0 fully saturated rings. The van der Waals surface area contributed by atoms with Crippen LogP contribution in [-0.2, 0) is 6.42 Å². The molecule has 1 amide bonds. The number of rotatable bonds is 4. The highest BCUT2D eigenvalue weighted by molar-refractivity contribution is 5.95. The zero-order chi connectivity index (χ0) is 13.0. The maximum atomic E-state index is 12.0. The van der Waals surface area contributed by atoms with E-state index in [2.05, 4.69) is 5.32 Å². The van der Waals surface area contributed by atoms with Gasteiger partial charge in [-0.05, 0) is 37.6 Å². The van der Waals surface area contributed by atoms with Crippen LogP contribution in [0.1, 0.15) is 27.2 Å². The lowest BCUT2D eigenvalue weighted by Gasteiger charge is -2.07. The summed E-state index contributed by atoms with van der Waals surface area (Å²) in [4.78, 5) is 12.0. The van der Waals surface area contributed by atoms with Crippen molar-refractivity contribution < 1.29 is 9.21 Å². The van der Waals surface area contributed by atoms with Gasteiger partial charge in [0.2, 0.25) is 0 Å². The quantitative estimate of drug-likeness (QED) is 0.897. The van der Waals surface area contributed by atoms with Crippen molar-refractivity contribution in [3.05, 3.63) is 59.0 Å². The second-order valence-electron chi connectivity index (χ2n) is 4.40. The molecule has 0 spiro atoms. The molecule has 0 saturated carbocycles. The summed E-state index contributed by atoms with van der Waals surface area (Å²) in [6.07, 6.45) is 2.35. The molecule has 0 unspecified atom stereocenters. The fraction of sp³-hybridized carbons (Fsp3) is 0.267. The molecule has 0 bridgehead atoms. The summed E-state index contributed by atoms with van der Waals surface area (Å²) in [7, 11) is 0. The first-order chi connectivity index (χ1) is 8.66. The SMILES string of the molecule is Cc1ccc(C(=O)NCCc2ccco2)c(C)c1. The van der Waals surface area contributed by atoms with Crippen LogP contribution in [0.15, 0.2) is 41.0 Å². The highest BCUT2D eigenvalue weighted by Gasteiger charge is 2.08. The van der Waals surface area contributed by atoms with E-state index in [9.17, 15) is 4.79 Å². The van der Waals surface area contributed by atoms with Gasteiger partial charge in [-0.15, -0.1) is 0 Å². The van der Waals surface area contributed by atoms with Gasteiger partial charge >= 0.3 is 0 Å². The van der Waals surface area contributed by atoms with Crippen LogP contribution in [0.5, 0.6) is 0 Å². The average molecular weight is 243 g/mol. The van der Waals surface area contributed by atoms with Gasteiger partial charge in [-0.25, -0.2) is 0 Å². The van der Waals surface area contributed by atoms with Gasteiger partial charge in [-0.1, -0.05) is 17.7 Å². The average Bonchev–Trinajstić information content (AvgIpc) is 2.81. The minimum atomic E-state index is -0.0287. The summed E-state index contributed by atoms with van der Waals surface area (Å²) >= 11 is 0. The summed E-state index contributed by atoms with van der Waals surface area (Å²) in [5.41, 5.74) is 2.91. The number of hydrogen-bond acceptors (Lipinski definition) is 2. The summed E-state index contributed by atoms with van der Waals surface area (Å²) in [5.74, 6) is 0.856. The monoisotopic (exact) mass is 243 g/mol. The lowest BCUT2D eigenvalue weighted by molar-refractivity contribution is 0.0953. The van der Waals surface area contributed by atoms with Gasteiger partial charge in [0.15, 0.2) is 0 Å². The van der Waals surface area contributed by atoms with Gasteiger partial charge in [-0.2, -0.15) is 0 Å². The molecule has 0 saturated heterocycles. The van der Waals surface area contributed by atoms with Crippen molar-refractivity contribution in [3.8, 4) is 0 Å². The standard InChI is InChI=1S/C15H17NO2/c1-11-5-6-14(12(2)10-11)15(17)16-8-7-13-4-3-9-18-13/h3-6,9-10H,7-8H2,1-2H3,(H,16,17). The first-order valence-electron chi connectivity index (χ1n) is 6.04. The van der Waals surface area contributed by atoms with E-state index >= 15 is 0 Å². The molecule has 0 radical (unpaired) electrons. The second-order valence-corrected chi connectivity index (χ2v) is 4.40. The molecule has 0 aliphatic rings. The molecule has 2 aromatic rings. The fourth-order valence-corrected chi connectivity index (χ4v) is 1.92. The lowest BCUT2D eigenvalue weighted by atomic mass is 10.1. The highest BCUT2D eigenvalue weighted by Crippen LogP contribution is 2.10. The minimum Gasteiger partial charge on any atom is -0.469 e. The van der Waals surface area contributed by atoms with Gasteiger partial charge in [-0.3, -0.25) is 4.79 Å². The number of amides is 1. The van der Waals surface area contributed by atoms with Crippen molar-refractivity contribution in [1.29, 1.82) is 0 Å². The van der Waals surface area contributed by atoms with Crippen molar-refractivity contribution >= 4 is 5.91 Å². The van der Waals surface area contributed by atoms with Gasteiger partial charge in [0, 0.05) is 18.5 Å². The number of furan rings is 1. The molecule has 3 heteroatoms. The Morgan fingerprint density at radius 2 is 2.11 bits per heavy atom. The molecule has 0 aliphatic carbocycles. The number of carbonyl (C=O) groups excluding carboxylic acids is 1. The molecule has 1 aromatic heterocycles. The van der Waals surface area contributed by atoms with Crippen molar-refractivity contribution in [2.75, 3.05) is 6.54 Å². The number of carbonyl (C=O) groups is 1. The first-order valence-corrected chi connectivity index (χ1v) is 6.04. The van der Waals surface area contributed by atoms with Gasteiger partial charge < -0.3 is 9.73 Å². The Bertz CT molecular complexity index is 529. The van der Waals surface area contributed by atoms with Crippen LogP contribution in [0.2, 0.25) is 0 Å². The zero-order valence-corrected chi connectivity index (χ0v) is 10.7. The smallest absolute Gasteiger partial charge is 0.251 e. The second kappa shape index (κ2) is 5.54. The van der Waals surface area contributed by atoms with Crippen LogP contribution in [0, 0.1) is 13.8 Å². The molecule has 1 heterocycles. The Hall–Kier alpha value is -2.03. The van der Waals surface area contributed by atoms with Gasteiger partial charge in [0.05, 0.1) is 6.26 Å². The predicted molar refractivity (Wildman–Crippen MR) is 70.7 cm³/mol. The molecule has 0 atom stereocenters. The topological polar surface area (TPSA) is 42.2 Å². The molecule has 3 nitrogen and oxygen atoms in total. The lowest BCUT2D eigenvalue weighted by Crippen LogP contribution is -2.26. The normalized spacial score (nSPS) is 10.3. The van der Waals surface area contributed by atoms with Crippen LogP contribution in [-0.4, -0.2) is 12.5 Å². The number of aryl methyl sites for hydroxylation is 2. The van der Waals surface area contributed by atoms with E-state index in [1.807, 2.05) is 44.2 Å². The zero-order valence-electron chi connectivity index (χ0n) is 10.7. The van der Waals surface area contributed by atoms with E-state index in [1.165, 1.54) is 5.56 Å². The van der Waals surface area contributed by atoms with Crippen molar-refractivity contribution in [3.63, 3.8) is 0 Å². The molecule has 18 heavy (non-hydrogen) atoms. The largest absolute Gasteiger partial charge is 0.469 e. The molecule has 1 aromatic carbocycles. The van der Waals surface area contributed by atoms with Crippen LogP contribution in [0.25, 0.3) is 0 Å². The van der Waals surface area contributed by atoms with E-state index in [0.717, 1.165) is 16.9 Å². The van der Waals surface area contributed by atoms with Gasteiger partial charge in [0.25, 0.3) is 5.91 Å². The van der Waals surface area contributed by atoms with E-state index in [1.54, 1.807) is 6.26 Å². The molecular formula is C15H17NO2.